The minimum atomic E-state index is 0.139. The summed E-state index contributed by atoms with van der Waals surface area (Å²) in [7, 11) is 2.08. The topological polar surface area (TPSA) is 15.3 Å². The molecule has 0 heterocycles. The lowest BCUT2D eigenvalue weighted by Crippen LogP contribution is -2.53. The van der Waals surface area contributed by atoms with Gasteiger partial charge < -0.3 is 5.32 Å². The summed E-state index contributed by atoms with van der Waals surface area (Å²) in [5, 5.41) is 3.56. The van der Waals surface area contributed by atoms with Crippen molar-refractivity contribution in [3.63, 3.8) is 0 Å². The fourth-order valence-electron chi connectivity index (χ4n) is 3.34. The summed E-state index contributed by atoms with van der Waals surface area (Å²) >= 11 is 0. The van der Waals surface area contributed by atoms with E-state index in [0.29, 0.717) is 6.04 Å². The highest BCUT2D eigenvalue weighted by molar-refractivity contribution is 5.33. The van der Waals surface area contributed by atoms with Gasteiger partial charge in [-0.05, 0) is 64.0 Å². The highest BCUT2D eigenvalue weighted by Crippen LogP contribution is 2.34. The summed E-state index contributed by atoms with van der Waals surface area (Å²) in [5.74, 6) is 0. The summed E-state index contributed by atoms with van der Waals surface area (Å²) in [6, 6.07) is 7.22. The Bertz CT molecular complexity index is 423. The van der Waals surface area contributed by atoms with Crippen LogP contribution in [0.25, 0.3) is 0 Å². The van der Waals surface area contributed by atoms with Crippen LogP contribution < -0.4 is 5.32 Å². The standard InChI is InChI=1S/C18H32N2/c1-8-18(6,20(9-2)10-3)17(19-7)16-12-11-14(4)15(5)13-16/h11-13,17,19H,8-10H2,1-7H3. The van der Waals surface area contributed by atoms with Gasteiger partial charge in [-0.2, -0.15) is 0 Å². The van der Waals surface area contributed by atoms with Gasteiger partial charge in [0.15, 0.2) is 0 Å². The lowest BCUT2D eigenvalue weighted by Gasteiger charge is -2.46. The molecule has 0 aliphatic heterocycles. The molecule has 1 N–H and O–H groups in total. The quantitative estimate of drug-likeness (QED) is 0.807. The molecule has 2 heteroatoms. The number of benzene rings is 1. The van der Waals surface area contributed by atoms with Crippen LogP contribution in [0.2, 0.25) is 0 Å². The second kappa shape index (κ2) is 7.24. The lowest BCUT2D eigenvalue weighted by atomic mass is 9.82. The van der Waals surface area contributed by atoms with E-state index < -0.39 is 0 Å². The number of likely N-dealkylation sites (N-methyl/N-ethyl adjacent to an activating group) is 2. The minimum absolute atomic E-state index is 0.139. The Hall–Kier alpha value is -0.860. The third-order valence-corrected chi connectivity index (χ3v) is 4.98. The Morgan fingerprint density at radius 3 is 2.10 bits per heavy atom. The maximum absolute atomic E-state index is 3.56. The third-order valence-electron chi connectivity index (χ3n) is 4.98. The van der Waals surface area contributed by atoms with Gasteiger partial charge in [0, 0.05) is 5.54 Å². The van der Waals surface area contributed by atoms with Crippen molar-refractivity contribution in [1.29, 1.82) is 0 Å². The zero-order valence-corrected chi connectivity index (χ0v) is 14.4. The van der Waals surface area contributed by atoms with Crippen LogP contribution >= 0.6 is 0 Å². The molecular formula is C18H32N2. The van der Waals surface area contributed by atoms with E-state index in [-0.39, 0.29) is 5.54 Å². The van der Waals surface area contributed by atoms with Crippen molar-refractivity contribution in [3.8, 4) is 0 Å². The molecule has 0 spiro atoms. The van der Waals surface area contributed by atoms with E-state index in [2.05, 4.69) is 77.0 Å². The SMILES string of the molecule is CCN(CC)C(C)(CC)C(NC)c1ccc(C)c(C)c1. The molecule has 0 saturated carbocycles. The number of hydrogen-bond acceptors (Lipinski definition) is 2. The van der Waals surface area contributed by atoms with Crippen LogP contribution in [0.1, 0.15) is 56.8 Å². The Morgan fingerprint density at radius 2 is 1.70 bits per heavy atom. The largest absolute Gasteiger partial charge is 0.311 e. The van der Waals surface area contributed by atoms with E-state index >= 15 is 0 Å². The molecule has 0 amide bonds. The molecule has 20 heavy (non-hydrogen) atoms. The van der Waals surface area contributed by atoms with Crippen LogP contribution in [0.5, 0.6) is 0 Å². The van der Waals surface area contributed by atoms with Gasteiger partial charge in [-0.25, -0.2) is 0 Å². The average Bonchev–Trinajstić information content (AvgIpc) is 2.44. The van der Waals surface area contributed by atoms with Crippen molar-refractivity contribution in [1.82, 2.24) is 10.2 Å². The smallest absolute Gasteiger partial charge is 0.0502 e. The highest BCUT2D eigenvalue weighted by atomic mass is 15.2. The Morgan fingerprint density at radius 1 is 1.10 bits per heavy atom. The van der Waals surface area contributed by atoms with E-state index in [4.69, 9.17) is 0 Å². The molecule has 1 aromatic carbocycles. The Balaban J connectivity index is 3.23. The number of aryl methyl sites for hydroxylation is 2. The van der Waals surface area contributed by atoms with Gasteiger partial charge in [-0.3, -0.25) is 4.90 Å². The molecule has 0 bridgehead atoms. The summed E-state index contributed by atoms with van der Waals surface area (Å²) in [5.41, 5.74) is 4.28. The summed E-state index contributed by atoms with van der Waals surface area (Å²) in [6.45, 7) is 15.7. The molecule has 0 saturated heterocycles. The van der Waals surface area contributed by atoms with Crippen molar-refractivity contribution in [2.45, 2.75) is 59.5 Å². The van der Waals surface area contributed by atoms with Crippen LogP contribution in [0, 0.1) is 13.8 Å². The predicted molar refractivity (Wildman–Crippen MR) is 89.3 cm³/mol. The normalized spacial score (nSPS) is 16.2. The van der Waals surface area contributed by atoms with Crippen LogP contribution in [-0.2, 0) is 0 Å². The molecule has 0 radical (unpaired) electrons. The predicted octanol–water partition coefficient (Wildman–Crippen LogP) is 4.07. The molecule has 0 aliphatic rings. The van der Waals surface area contributed by atoms with Crippen molar-refractivity contribution in [3.05, 3.63) is 34.9 Å². The molecule has 1 aromatic rings. The van der Waals surface area contributed by atoms with Crippen LogP contribution in [0.3, 0.4) is 0 Å². The van der Waals surface area contributed by atoms with Crippen molar-refractivity contribution >= 4 is 0 Å². The molecule has 0 aliphatic carbocycles. The molecule has 2 nitrogen and oxygen atoms in total. The molecule has 114 valence electrons. The third kappa shape index (κ3) is 3.24. The van der Waals surface area contributed by atoms with Gasteiger partial charge in [-0.1, -0.05) is 39.0 Å². The van der Waals surface area contributed by atoms with E-state index in [1.807, 2.05) is 0 Å². The molecule has 0 fully saturated rings. The number of nitrogens with one attached hydrogen (secondary N) is 1. The van der Waals surface area contributed by atoms with Crippen molar-refractivity contribution < 1.29 is 0 Å². The fourth-order valence-corrected chi connectivity index (χ4v) is 3.34. The average molecular weight is 276 g/mol. The van der Waals surface area contributed by atoms with E-state index in [9.17, 15) is 0 Å². The monoisotopic (exact) mass is 276 g/mol. The van der Waals surface area contributed by atoms with Crippen LogP contribution in [-0.4, -0.2) is 30.6 Å². The molecular weight excluding hydrogens is 244 g/mol. The van der Waals surface area contributed by atoms with Crippen molar-refractivity contribution in [2.24, 2.45) is 0 Å². The number of hydrogen-bond donors (Lipinski definition) is 1. The first-order valence-electron chi connectivity index (χ1n) is 7.93. The van der Waals surface area contributed by atoms with E-state index in [1.165, 1.54) is 16.7 Å². The maximum atomic E-state index is 3.56. The summed E-state index contributed by atoms with van der Waals surface area (Å²) in [6.07, 6.45) is 1.13. The van der Waals surface area contributed by atoms with E-state index in [1.54, 1.807) is 0 Å². The second-order valence-electron chi connectivity index (χ2n) is 5.95. The van der Waals surface area contributed by atoms with Gasteiger partial charge in [0.1, 0.15) is 0 Å². The molecule has 0 aromatic heterocycles. The first-order chi connectivity index (χ1) is 9.44. The van der Waals surface area contributed by atoms with Gasteiger partial charge in [0.25, 0.3) is 0 Å². The van der Waals surface area contributed by atoms with Gasteiger partial charge in [0.05, 0.1) is 6.04 Å². The zero-order valence-electron chi connectivity index (χ0n) is 14.4. The van der Waals surface area contributed by atoms with Crippen LogP contribution in [0.15, 0.2) is 18.2 Å². The van der Waals surface area contributed by atoms with Gasteiger partial charge in [-0.15, -0.1) is 0 Å². The highest BCUT2D eigenvalue weighted by Gasteiger charge is 2.37. The zero-order chi connectivity index (χ0) is 15.3. The molecule has 2 atom stereocenters. The maximum Gasteiger partial charge on any atom is 0.0502 e. The first-order valence-corrected chi connectivity index (χ1v) is 7.93. The molecule has 2 unspecified atom stereocenters. The number of rotatable bonds is 7. The van der Waals surface area contributed by atoms with Crippen molar-refractivity contribution in [2.75, 3.05) is 20.1 Å². The Kier molecular flexibility index (Phi) is 6.22. The lowest BCUT2D eigenvalue weighted by molar-refractivity contribution is 0.0728. The van der Waals surface area contributed by atoms with Gasteiger partial charge >= 0.3 is 0 Å². The molecule has 1 rings (SSSR count). The first kappa shape index (κ1) is 17.2. The minimum Gasteiger partial charge on any atom is -0.311 e. The van der Waals surface area contributed by atoms with Crippen LogP contribution in [0.4, 0.5) is 0 Å². The fraction of sp³-hybridized carbons (Fsp3) is 0.667. The Labute approximate surface area is 125 Å². The second-order valence-corrected chi connectivity index (χ2v) is 5.95. The summed E-state index contributed by atoms with van der Waals surface area (Å²) < 4.78 is 0. The van der Waals surface area contributed by atoms with E-state index in [0.717, 1.165) is 19.5 Å². The summed E-state index contributed by atoms with van der Waals surface area (Å²) in [4.78, 5) is 2.57. The van der Waals surface area contributed by atoms with Gasteiger partial charge in [0.2, 0.25) is 0 Å². The number of nitrogens with zero attached hydrogens (tertiary/aromatic N) is 1.